The predicted molar refractivity (Wildman–Crippen MR) is 126 cm³/mol. The van der Waals surface area contributed by atoms with Crippen molar-refractivity contribution in [3.05, 3.63) is 94.0 Å². The summed E-state index contributed by atoms with van der Waals surface area (Å²) in [5.74, 6) is 1.24. The lowest BCUT2D eigenvalue weighted by Gasteiger charge is -2.38. The number of rotatable bonds is 5. The smallest absolute Gasteiger partial charge is 0.337 e. The number of fused-ring (bicyclic) bond motifs is 3. The third-order valence-corrected chi connectivity index (χ3v) is 6.10. The molecule has 0 fully saturated rings. The van der Waals surface area contributed by atoms with Gasteiger partial charge < -0.3 is 14.2 Å². The van der Waals surface area contributed by atoms with Crippen molar-refractivity contribution in [1.29, 1.82) is 0 Å². The summed E-state index contributed by atoms with van der Waals surface area (Å²) >= 11 is 6.31. The average molecular weight is 463 g/mol. The first-order valence-corrected chi connectivity index (χ1v) is 11.2. The number of ether oxygens (including phenoxy) is 3. The molecule has 0 saturated carbocycles. The van der Waals surface area contributed by atoms with Gasteiger partial charge in [0.2, 0.25) is 6.23 Å². The lowest BCUT2D eigenvalue weighted by Crippen LogP contribution is -2.33. The summed E-state index contributed by atoms with van der Waals surface area (Å²) in [6.45, 7) is 2.59. The Kier molecular flexibility index (Phi) is 5.68. The number of hydrogen-bond donors (Lipinski definition) is 0. The van der Waals surface area contributed by atoms with Gasteiger partial charge in [0, 0.05) is 22.6 Å². The molecule has 2 atom stereocenters. The first-order valence-electron chi connectivity index (χ1n) is 10.8. The standard InChI is InChI=1S/C26H23ClN2O4/c1-3-32-20-11-8-16(9-12-20)22-15-23-21-14-19(27)10-13-24(21)33-25(29(23)28-22)17-4-6-18(7-5-17)26(30)31-2/h4-14,23,25H,3,15H2,1-2H3/t23-,25+/m0/s1. The van der Waals surface area contributed by atoms with Gasteiger partial charge in [-0.15, -0.1) is 0 Å². The summed E-state index contributed by atoms with van der Waals surface area (Å²) in [5, 5.41) is 7.61. The molecule has 2 heterocycles. The lowest BCUT2D eigenvalue weighted by atomic mass is 9.95. The highest BCUT2D eigenvalue weighted by Crippen LogP contribution is 2.48. The molecule has 6 nitrogen and oxygen atoms in total. The van der Waals surface area contributed by atoms with E-state index in [1.165, 1.54) is 7.11 Å². The predicted octanol–water partition coefficient (Wildman–Crippen LogP) is 5.77. The quantitative estimate of drug-likeness (QED) is 0.450. The molecule has 0 aliphatic carbocycles. The molecule has 33 heavy (non-hydrogen) atoms. The van der Waals surface area contributed by atoms with E-state index in [0.29, 0.717) is 17.2 Å². The fourth-order valence-corrected chi connectivity index (χ4v) is 4.45. The topological polar surface area (TPSA) is 60.4 Å². The molecular weight excluding hydrogens is 440 g/mol. The zero-order chi connectivity index (χ0) is 22.9. The van der Waals surface area contributed by atoms with Crippen molar-refractivity contribution in [3.63, 3.8) is 0 Å². The lowest BCUT2D eigenvalue weighted by molar-refractivity contribution is -0.0190. The minimum absolute atomic E-state index is 0.0145. The molecule has 0 bridgehead atoms. The molecule has 2 aliphatic rings. The van der Waals surface area contributed by atoms with Gasteiger partial charge in [-0.25, -0.2) is 9.80 Å². The maximum atomic E-state index is 11.8. The van der Waals surface area contributed by atoms with Crippen LogP contribution in [-0.2, 0) is 4.74 Å². The van der Waals surface area contributed by atoms with Crippen LogP contribution in [0.25, 0.3) is 0 Å². The molecule has 0 saturated heterocycles. The van der Waals surface area contributed by atoms with Crippen LogP contribution in [-0.4, -0.2) is 30.4 Å². The van der Waals surface area contributed by atoms with Crippen LogP contribution in [0.1, 0.15) is 52.7 Å². The highest BCUT2D eigenvalue weighted by molar-refractivity contribution is 6.30. The van der Waals surface area contributed by atoms with Gasteiger partial charge in [0.15, 0.2) is 0 Å². The maximum Gasteiger partial charge on any atom is 0.337 e. The molecule has 2 aliphatic heterocycles. The Labute approximate surface area is 197 Å². The van der Waals surface area contributed by atoms with E-state index in [0.717, 1.165) is 40.3 Å². The van der Waals surface area contributed by atoms with E-state index in [9.17, 15) is 4.79 Å². The summed E-state index contributed by atoms with van der Waals surface area (Å²) in [5.41, 5.74) is 4.40. The zero-order valence-electron chi connectivity index (χ0n) is 18.3. The fraction of sp³-hybridized carbons (Fsp3) is 0.231. The molecule has 0 unspecified atom stereocenters. The molecule has 7 heteroatoms. The van der Waals surface area contributed by atoms with Crippen LogP contribution in [0.3, 0.4) is 0 Å². The highest BCUT2D eigenvalue weighted by atomic mass is 35.5. The largest absolute Gasteiger partial charge is 0.494 e. The molecule has 168 valence electrons. The number of carbonyl (C=O) groups is 1. The number of carbonyl (C=O) groups excluding carboxylic acids is 1. The first kappa shape index (κ1) is 21.3. The van der Waals surface area contributed by atoms with Crippen molar-refractivity contribution >= 4 is 23.3 Å². The van der Waals surface area contributed by atoms with Gasteiger partial charge in [-0.2, -0.15) is 5.10 Å². The second kappa shape index (κ2) is 8.79. The van der Waals surface area contributed by atoms with Crippen LogP contribution >= 0.6 is 11.6 Å². The van der Waals surface area contributed by atoms with Gasteiger partial charge in [-0.3, -0.25) is 0 Å². The van der Waals surface area contributed by atoms with Crippen LogP contribution in [0.4, 0.5) is 0 Å². The monoisotopic (exact) mass is 462 g/mol. The van der Waals surface area contributed by atoms with E-state index < -0.39 is 6.23 Å². The Morgan fingerprint density at radius 1 is 1.12 bits per heavy atom. The number of hydrazone groups is 1. The summed E-state index contributed by atoms with van der Waals surface area (Å²) in [7, 11) is 1.37. The van der Waals surface area contributed by atoms with Crippen molar-refractivity contribution in [2.75, 3.05) is 13.7 Å². The van der Waals surface area contributed by atoms with E-state index in [1.807, 2.05) is 66.5 Å². The number of nitrogens with zero attached hydrogens (tertiary/aromatic N) is 2. The Morgan fingerprint density at radius 2 is 1.88 bits per heavy atom. The van der Waals surface area contributed by atoms with Crippen LogP contribution < -0.4 is 9.47 Å². The second-order valence-electron chi connectivity index (χ2n) is 7.87. The molecule has 5 rings (SSSR count). The Morgan fingerprint density at radius 3 is 2.58 bits per heavy atom. The van der Waals surface area contributed by atoms with Gasteiger partial charge in [0.05, 0.1) is 31.0 Å². The zero-order valence-corrected chi connectivity index (χ0v) is 19.1. The van der Waals surface area contributed by atoms with E-state index in [1.54, 1.807) is 12.1 Å². The van der Waals surface area contributed by atoms with Gasteiger partial charge in [-0.1, -0.05) is 23.7 Å². The summed E-state index contributed by atoms with van der Waals surface area (Å²) < 4.78 is 16.8. The van der Waals surface area contributed by atoms with Crippen molar-refractivity contribution in [2.24, 2.45) is 5.10 Å². The minimum Gasteiger partial charge on any atom is -0.494 e. The van der Waals surface area contributed by atoms with Gasteiger partial charge in [0.1, 0.15) is 11.5 Å². The number of methoxy groups -OCH3 is 1. The molecule has 0 radical (unpaired) electrons. The van der Waals surface area contributed by atoms with Crippen LogP contribution in [0, 0.1) is 0 Å². The van der Waals surface area contributed by atoms with Crippen molar-refractivity contribution < 1.29 is 19.0 Å². The highest BCUT2D eigenvalue weighted by Gasteiger charge is 2.41. The molecule has 0 amide bonds. The summed E-state index contributed by atoms with van der Waals surface area (Å²) in [6, 6.07) is 20.9. The summed E-state index contributed by atoms with van der Waals surface area (Å²) in [6.07, 6.45) is 0.289. The molecule has 3 aromatic rings. The van der Waals surface area contributed by atoms with E-state index in [-0.39, 0.29) is 12.0 Å². The van der Waals surface area contributed by atoms with Crippen LogP contribution in [0.2, 0.25) is 5.02 Å². The number of esters is 1. The van der Waals surface area contributed by atoms with Gasteiger partial charge >= 0.3 is 5.97 Å². The Hall–Kier alpha value is -3.51. The van der Waals surface area contributed by atoms with Crippen LogP contribution in [0.15, 0.2) is 71.8 Å². The van der Waals surface area contributed by atoms with Crippen molar-refractivity contribution in [2.45, 2.75) is 25.6 Å². The number of hydrogen-bond acceptors (Lipinski definition) is 6. The summed E-state index contributed by atoms with van der Waals surface area (Å²) in [4.78, 5) is 11.8. The third kappa shape index (κ3) is 4.02. The first-order chi connectivity index (χ1) is 16.1. The Bertz CT molecular complexity index is 1210. The van der Waals surface area contributed by atoms with E-state index in [2.05, 4.69) is 0 Å². The fourth-order valence-electron chi connectivity index (χ4n) is 4.26. The van der Waals surface area contributed by atoms with Crippen molar-refractivity contribution in [3.8, 4) is 11.5 Å². The molecule has 3 aromatic carbocycles. The van der Waals surface area contributed by atoms with Crippen LogP contribution in [0.5, 0.6) is 11.5 Å². The third-order valence-electron chi connectivity index (χ3n) is 5.87. The van der Waals surface area contributed by atoms with E-state index in [4.69, 9.17) is 30.9 Å². The molecule has 0 spiro atoms. The molecular formula is C26H23ClN2O4. The SMILES string of the molecule is CCOc1ccc(C2=NN3[C@@H](c4ccc(C(=O)OC)cc4)Oc4ccc(Cl)cc4[C@@H]3C2)cc1. The maximum absolute atomic E-state index is 11.8. The second-order valence-corrected chi connectivity index (χ2v) is 8.31. The van der Waals surface area contributed by atoms with Crippen molar-refractivity contribution in [1.82, 2.24) is 5.01 Å². The van der Waals surface area contributed by atoms with E-state index >= 15 is 0 Å². The molecule has 0 aromatic heterocycles. The van der Waals surface area contributed by atoms with Gasteiger partial charge in [0.25, 0.3) is 0 Å². The minimum atomic E-state index is -0.435. The Balaban J connectivity index is 1.51. The van der Waals surface area contributed by atoms with Gasteiger partial charge in [-0.05, 0) is 67.1 Å². The number of halogens is 1. The average Bonchev–Trinajstić information content (AvgIpc) is 3.30. The number of benzene rings is 3. The normalized spacial score (nSPS) is 18.6. The molecule has 0 N–H and O–H groups in total.